The number of amides is 2. The summed E-state index contributed by atoms with van der Waals surface area (Å²) in [7, 11) is 0. The van der Waals surface area contributed by atoms with Crippen LogP contribution in [-0.2, 0) is 0 Å². The Morgan fingerprint density at radius 3 is 2.61 bits per heavy atom. The van der Waals surface area contributed by atoms with E-state index < -0.39 is 11.5 Å². The highest BCUT2D eigenvalue weighted by Crippen LogP contribution is 2.26. The maximum Gasteiger partial charge on any atom is 0.266 e. The number of halogens is 1. The van der Waals surface area contributed by atoms with Gasteiger partial charge in [0.15, 0.2) is 11.0 Å². The molecule has 3 rings (SSSR count). The number of primary amides is 1. The number of anilines is 2. The van der Waals surface area contributed by atoms with Crippen molar-refractivity contribution in [2.75, 3.05) is 24.7 Å². The van der Waals surface area contributed by atoms with Crippen molar-refractivity contribution in [1.82, 2.24) is 14.9 Å². The number of rotatable bonds is 5. The average molecular weight is 422 g/mol. The van der Waals surface area contributed by atoms with E-state index >= 15 is 0 Å². The topological polar surface area (TPSA) is 121 Å². The van der Waals surface area contributed by atoms with Crippen LogP contribution < -0.4 is 16.6 Å². The van der Waals surface area contributed by atoms with Crippen molar-refractivity contribution >= 4 is 46.7 Å². The van der Waals surface area contributed by atoms with Gasteiger partial charge in [-0.2, -0.15) is 0 Å². The van der Waals surface area contributed by atoms with E-state index in [-0.39, 0.29) is 22.3 Å². The zero-order valence-electron chi connectivity index (χ0n) is 15.3. The van der Waals surface area contributed by atoms with Gasteiger partial charge in [-0.15, -0.1) is 0 Å². The van der Waals surface area contributed by atoms with Crippen LogP contribution in [0.25, 0.3) is 0 Å². The fourth-order valence-corrected chi connectivity index (χ4v) is 3.68. The molecule has 0 bridgehead atoms. The van der Waals surface area contributed by atoms with Crippen molar-refractivity contribution < 1.29 is 9.59 Å². The van der Waals surface area contributed by atoms with E-state index in [0.717, 1.165) is 32.4 Å². The largest absolute Gasteiger partial charge is 0.365 e. The Labute approximate surface area is 170 Å². The van der Waals surface area contributed by atoms with Crippen LogP contribution in [0.15, 0.2) is 28.2 Å². The molecule has 2 heterocycles. The minimum absolute atomic E-state index is 0.0340. The molecule has 0 radical (unpaired) electrons. The average Bonchev–Trinajstić information content (AvgIpc) is 2.67. The van der Waals surface area contributed by atoms with Crippen LogP contribution in [0.5, 0.6) is 0 Å². The quantitative estimate of drug-likeness (QED) is 0.504. The third-order valence-corrected chi connectivity index (χ3v) is 5.34. The first kappa shape index (κ1) is 20.2. The van der Waals surface area contributed by atoms with Crippen LogP contribution >= 0.6 is 23.4 Å². The second-order valence-corrected chi connectivity index (χ2v) is 7.54. The zero-order valence-corrected chi connectivity index (χ0v) is 16.8. The predicted molar refractivity (Wildman–Crippen MR) is 110 cm³/mol. The molecule has 28 heavy (non-hydrogen) atoms. The van der Waals surface area contributed by atoms with E-state index in [1.54, 1.807) is 29.4 Å². The number of hydrogen-bond acceptors (Lipinski definition) is 6. The van der Waals surface area contributed by atoms with E-state index in [1.165, 1.54) is 11.8 Å². The smallest absolute Gasteiger partial charge is 0.266 e. The number of carbonyl (C=O) groups excluding carboxylic acids is 2. The molecule has 1 aliphatic rings. The summed E-state index contributed by atoms with van der Waals surface area (Å²) in [5.74, 6) is -0.966. The predicted octanol–water partition coefficient (Wildman–Crippen LogP) is 2.61. The van der Waals surface area contributed by atoms with E-state index in [9.17, 15) is 14.4 Å². The number of nitrogens with zero attached hydrogens (tertiary/aromatic N) is 2. The number of nitrogens with two attached hydrogens (primary N) is 1. The van der Waals surface area contributed by atoms with E-state index in [4.69, 9.17) is 17.3 Å². The van der Waals surface area contributed by atoms with Crippen LogP contribution in [-0.4, -0.2) is 46.0 Å². The van der Waals surface area contributed by atoms with Crippen molar-refractivity contribution in [2.24, 2.45) is 5.73 Å². The summed E-state index contributed by atoms with van der Waals surface area (Å²) in [5.41, 5.74) is 5.30. The molecule has 0 unspecified atom stereocenters. The third kappa shape index (κ3) is 4.31. The van der Waals surface area contributed by atoms with Crippen molar-refractivity contribution in [3.8, 4) is 0 Å². The normalized spacial score (nSPS) is 14.0. The fourth-order valence-electron chi connectivity index (χ4n) is 3.04. The molecule has 2 aromatic rings. The Hall–Kier alpha value is -2.52. The van der Waals surface area contributed by atoms with Crippen LogP contribution in [0.3, 0.4) is 0 Å². The molecule has 8 nitrogen and oxygen atoms in total. The summed E-state index contributed by atoms with van der Waals surface area (Å²) in [6, 6.07) is 4.83. The SMILES string of the molecule is CSc1nc(Nc2ccc(C(=O)N3CCCCC3)c(Cl)c2)c(C(N)=O)c(=O)[nH]1. The van der Waals surface area contributed by atoms with Crippen molar-refractivity contribution in [1.29, 1.82) is 0 Å². The maximum absolute atomic E-state index is 12.7. The second kappa shape index (κ2) is 8.66. The molecule has 0 spiro atoms. The van der Waals surface area contributed by atoms with Gasteiger partial charge in [0.05, 0.1) is 10.6 Å². The molecule has 1 aromatic heterocycles. The van der Waals surface area contributed by atoms with Gasteiger partial charge in [0.25, 0.3) is 17.4 Å². The number of carbonyl (C=O) groups is 2. The lowest BCUT2D eigenvalue weighted by atomic mass is 10.1. The lowest BCUT2D eigenvalue weighted by molar-refractivity contribution is 0.0724. The zero-order chi connectivity index (χ0) is 20.3. The van der Waals surface area contributed by atoms with Crippen LogP contribution in [0.4, 0.5) is 11.5 Å². The summed E-state index contributed by atoms with van der Waals surface area (Å²) < 4.78 is 0. The van der Waals surface area contributed by atoms with Gasteiger partial charge in [0.1, 0.15) is 5.56 Å². The van der Waals surface area contributed by atoms with E-state index in [2.05, 4.69) is 15.3 Å². The number of aromatic amines is 1. The standard InChI is InChI=1S/C18H20ClN5O3S/c1-28-18-22-15(13(14(20)25)16(26)23-18)21-10-5-6-11(12(19)9-10)17(27)24-7-3-2-4-8-24/h5-6,9H,2-4,7-8H2,1H3,(H2,20,25)(H2,21,22,23,26). The molecule has 1 aromatic carbocycles. The Morgan fingerprint density at radius 2 is 2.00 bits per heavy atom. The molecular weight excluding hydrogens is 402 g/mol. The van der Waals surface area contributed by atoms with E-state index in [1.807, 2.05) is 0 Å². The number of likely N-dealkylation sites (tertiary alicyclic amines) is 1. The summed E-state index contributed by atoms with van der Waals surface area (Å²) in [6.07, 6.45) is 4.85. The number of thioether (sulfide) groups is 1. The van der Waals surface area contributed by atoms with Crippen molar-refractivity contribution in [3.63, 3.8) is 0 Å². The molecule has 1 aliphatic heterocycles. The molecule has 1 saturated heterocycles. The Kier molecular flexibility index (Phi) is 6.25. The molecular formula is C18H20ClN5O3S. The molecule has 1 fully saturated rings. The highest BCUT2D eigenvalue weighted by molar-refractivity contribution is 7.98. The Bertz CT molecular complexity index is 972. The minimum Gasteiger partial charge on any atom is -0.365 e. The third-order valence-electron chi connectivity index (χ3n) is 4.44. The van der Waals surface area contributed by atoms with Gasteiger partial charge in [-0.3, -0.25) is 14.4 Å². The van der Waals surface area contributed by atoms with Gasteiger partial charge in [-0.05, 0) is 43.7 Å². The lowest BCUT2D eigenvalue weighted by Crippen LogP contribution is -2.35. The van der Waals surface area contributed by atoms with Gasteiger partial charge < -0.3 is 20.9 Å². The van der Waals surface area contributed by atoms with Gasteiger partial charge in [-0.25, -0.2) is 4.98 Å². The second-order valence-electron chi connectivity index (χ2n) is 6.34. The molecule has 0 aliphatic carbocycles. The molecule has 0 saturated carbocycles. The monoisotopic (exact) mass is 421 g/mol. The summed E-state index contributed by atoms with van der Waals surface area (Å²) in [5, 5.41) is 3.51. The van der Waals surface area contributed by atoms with Gasteiger partial charge in [0.2, 0.25) is 0 Å². The van der Waals surface area contributed by atoms with Crippen molar-refractivity contribution in [3.05, 3.63) is 44.7 Å². The number of hydrogen-bond donors (Lipinski definition) is 3. The van der Waals surface area contributed by atoms with Gasteiger partial charge in [0, 0.05) is 18.8 Å². The van der Waals surface area contributed by atoms with Crippen LogP contribution in [0.2, 0.25) is 5.02 Å². The summed E-state index contributed by atoms with van der Waals surface area (Å²) in [4.78, 5) is 44.9. The fraction of sp³-hybridized carbons (Fsp3) is 0.333. The summed E-state index contributed by atoms with van der Waals surface area (Å²) >= 11 is 7.55. The Balaban J connectivity index is 1.89. The van der Waals surface area contributed by atoms with Crippen LogP contribution in [0, 0.1) is 0 Å². The van der Waals surface area contributed by atoms with Crippen LogP contribution in [0.1, 0.15) is 40.0 Å². The molecule has 148 valence electrons. The van der Waals surface area contributed by atoms with Gasteiger partial charge >= 0.3 is 0 Å². The number of piperidine rings is 1. The number of H-pyrrole nitrogens is 1. The first-order valence-electron chi connectivity index (χ1n) is 8.74. The number of aromatic nitrogens is 2. The highest BCUT2D eigenvalue weighted by atomic mass is 35.5. The first-order valence-corrected chi connectivity index (χ1v) is 10.3. The summed E-state index contributed by atoms with van der Waals surface area (Å²) in [6.45, 7) is 1.45. The molecule has 2 amide bonds. The molecule has 10 heteroatoms. The minimum atomic E-state index is -0.896. The number of benzene rings is 1. The molecule has 4 N–H and O–H groups in total. The Morgan fingerprint density at radius 1 is 1.29 bits per heavy atom. The maximum atomic E-state index is 12.7. The highest BCUT2D eigenvalue weighted by Gasteiger charge is 2.21. The lowest BCUT2D eigenvalue weighted by Gasteiger charge is -2.27. The first-order chi connectivity index (χ1) is 13.4. The van der Waals surface area contributed by atoms with Crippen molar-refractivity contribution in [2.45, 2.75) is 24.4 Å². The number of nitrogens with one attached hydrogen (secondary N) is 2. The molecule has 0 atom stereocenters. The van der Waals surface area contributed by atoms with E-state index in [0.29, 0.717) is 16.4 Å². The van der Waals surface area contributed by atoms with Gasteiger partial charge in [-0.1, -0.05) is 23.4 Å².